The van der Waals surface area contributed by atoms with Gasteiger partial charge in [-0.25, -0.2) is 0 Å². The molecule has 0 heterocycles. The Balaban J connectivity index is 2.85. The number of nitrogens with zero attached hydrogens (tertiary/aromatic N) is 1. The molecule has 0 saturated heterocycles. The number of hydrogen-bond donors (Lipinski definition) is 3. The number of carbonyl (C=O) groups excluding carboxylic acids is 1. The Labute approximate surface area is 117 Å². The van der Waals surface area contributed by atoms with Gasteiger partial charge in [-0.05, 0) is 32.4 Å². The Morgan fingerprint density at radius 2 is 1.90 bits per heavy atom. The lowest BCUT2D eigenvalue weighted by molar-refractivity contribution is -0.137. The second-order valence-corrected chi connectivity index (χ2v) is 4.79. The van der Waals surface area contributed by atoms with Gasteiger partial charge in [0, 0.05) is 25.1 Å². The molecule has 0 aliphatic rings. The Morgan fingerprint density at radius 3 is 2.40 bits per heavy atom. The van der Waals surface area contributed by atoms with Crippen LogP contribution < -0.4 is 0 Å². The van der Waals surface area contributed by atoms with Crippen LogP contribution in [0.15, 0.2) is 18.2 Å². The minimum absolute atomic E-state index is 0.0158. The molecular formula is C14H19NO5. The standard InChI is InChI=1S/C14H19NO5/c1-9(2)15(7-3-4-13(18)19)14(20)11-6-5-10(16)8-12(11)17/h5-6,8-9,16-17H,3-4,7H2,1-2H3,(H,18,19). The molecule has 0 aliphatic heterocycles. The number of phenols is 2. The van der Waals surface area contributed by atoms with Crippen molar-refractivity contribution in [2.45, 2.75) is 32.7 Å². The van der Waals surface area contributed by atoms with E-state index in [2.05, 4.69) is 0 Å². The molecule has 0 bridgehead atoms. The van der Waals surface area contributed by atoms with E-state index in [1.54, 1.807) is 0 Å². The molecule has 1 aromatic rings. The van der Waals surface area contributed by atoms with Crippen LogP contribution in [0.4, 0.5) is 0 Å². The molecule has 1 amide bonds. The van der Waals surface area contributed by atoms with E-state index in [0.717, 1.165) is 6.07 Å². The van der Waals surface area contributed by atoms with Crippen LogP contribution in [0.5, 0.6) is 11.5 Å². The maximum absolute atomic E-state index is 12.3. The maximum atomic E-state index is 12.3. The number of carboxylic acid groups (broad SMARTS) is 1. The van der Waals surface area contributed by atoms with E-state index in [1.165, 1.54) is 17.0 Å². The second-order valence-electron chi connectivity index (χ2n) is 4.79. The minimum atomic E-state index is -0.909. The maximum Gasteiger partial charge on any atom is 0.303 e. The predicted molar refractivity (Wildman–Crippen MR) is 72.8 cm³/mol. The highest BCUT2D eigenvalue weighted by Crippen LogP contribution is 2.24. The highest BCUT2D eigenvalue weighted by molar-refractivity contribution is 5.97. The number of aromatic hydroxyl groups is 2. The van der Waals surface area contributed by atoms with Gasteiger partial charge in [-0.1, -0.05) is 0 Å². The number of benzene rings is 1. The topological polar surface area (TPSA) is 98.1 Å². The first-order chi connectivity index (χ1) is 9.32. The van der Waals surface area contributed by atoms with Crippen LogP contribution >= 0.6 is 0 Å². The molecule has 0 aliphatic carbocycles. The first kappa shape index (κ1) is 15.8. The predicted octanol–water partition coefficient (Wildman–Crippen LogP) is 1.81. The number of aliphatic carboxylic acids is 1. The summed E-state index contributed by atoms with van der Waals surface area (Å²) in [4.78, 5) is 24.3. The van der Waals surface area contributed by atoms with Gasteiger partial charge in [0.05, 0.1) is 5.56 Å². The van der Waals surface area contributed by atoms with Crippen molar-refractivity contribution in [2.75, 3.05) is 6.54 Å². The molecule has 1 aromatic carbocycles. The summed E-state index contributed by atoms with van der Waals surface area (Å²) >= 11 is 0. The molecule has 0 aromatic heterocycles. The summed E-state index contributed by atoms with van der Waals surface area (Å²) in [5, 5.41) is 27.5. The number of rotatable bonds is 6. The van der Waals surface area contributed by atoms with Gasteiger partial charge >= 0.3 is 5.97 Å². The van der Waals surface area contributed by atoms with E-state index in [0.29, 0.717) is 13.0 Å². The molecule has 0 spiro atoms. The van der Waals surface area contributed by atoms with Gasteiger partial charge in [0.15, 0.2) is 0 Å². The first-order valence-corrected chi connectivity index (χ1v) is 6.37. The average Bonchev–Trinajstić information content (AvgIpc) is 2.33. The van der Waals surface area contributed by atoms with Crippen molar-refractivity contribution in [2.24, 2.45) is 0 Å². The molecule has 3 N–H and O–H groups in total. The number of carboxylic acids is 1. The van der Waals surface area contributed by atoms with Crippen molar-refractivity contribution in [3.8, 4) is 11.5 Å². The van der Waals surface area contributed by atoms with Gasteiger partial charge in [0.25, 0.3) is 5.91 Å². The number of hydrogen-bond acceptors (Lipinski definition) is 4. The SMILES string of the molecule is CC(C)N(CCCC(=O)O)C(=O)c1ccc(O)cc1O. The van der Waals surface area contributed by atoms with Gasteiger partial charge in [-0.3, -0.25) is 9.59 Å². The van der Waals surface area contributed by atoms with Crippen molar-refractivity contribution in [1.82, 2.24) is 4.90 Å². The van der Waals surface area contributed by atoms with Crippen LogP contribution in [0, 0.1) is 0 Å². The van der Waals surface area contributed by atoms with Crippen LogP contribution in [-0.2, 0) is 4.79 Å². The van der Waals surface area contributed by atoms with Crippen molar-refractivity contribution >= 4 is 11.9 Å². The number of amides is 1. The van der Waals surface area contributed by atoms with E-state index in [9.17, 15) is 19.8 Å². The zero-order chi connectivity index (χ0) is 15.3. The fraction of sp³-hybridized carbons (Fsp3) is 0.429. The second kappa shape index (κ2) is 6.79. The zero-order valence-electron chi connectivity index (χ0n) is 11.5. The third kappa shape index (κ3) is 4.15. The number of carbonyl (C=O) groups is 2. The summed E-state index contributed by atoms with van der Waals surface area (Å²) in [6, 6.07) is 3.65. The van der Waals surface area contributed by atoms with Gasteiger partial charge in [-0.2, -0.15) is 0 Å². The summed E-state index contributed by atoms with van der Waals surface area (Å²) in [5.74, 6) is -1.71. The van der Waals surface area contributed by atoms with Crippen molar-refractivity contribution in [1.29, 1.82) is 0 Å². The lowest BCUT2D eigenvalue weighted by Crippen LogP contribution is -2.37. The molecule has 0 unspecified atom stereocenters. The lowest BCUT2D eigenvalue weighted by Gasteiger charge is -2.27. The van der Waals surface area contributed by atoms with Crippen LogP contribution in [0.2, 0.25) is 0 Å². The zero-order valence-corrected chi connectivity index (χ0v) is 11.5. The molecule has 0 atom stereocenters. The molecule has 0 radical (unpaired) electrons. The van der Waals surface area contributed by atoms with E-state index < -0.39 is 5.97 Å². The molecule has 20 heavy (non-hydrogen) atoms. The summed E-state index contributed by atoms with van der Waals surface area (Å²) in [6.45, 7) is 3.93. The molecule has 110 valence electrons. The van der Waals surface area contributed by atoms with Crippen LogP contribution in [0.1, 0.15) is 37.0 Å². The quantitative estimate of drug-likeness (QED) is 0.738. The van der Waals surface area contributed by atoms with Crippen LogP contribution in [-0.4, -0.2) is 44.7 Å². The molecule has 6 heteroatoms. The highest BCUT2D eigenvalue weighted by atomic mass is 16.4. The van der Waals surface area contributed by atoms with Gasteiger partial charge in [-0.15, -0.1) is 0 Å². The average molecular weight is 281 g/mol. The Hall–Kier alpha value is -2.24. The fourth-order valence-electron chi connectivity index (χ4n) is 1.85. The molecule has 1 rings (SSSR count). The highest BCUT2D eigenvalue weighted by Gasteiger charge is 2.21. The molecular weight excluding hydrogens is 262 g/mol. The summed E-state index contributed by atoms with van der Waals surface area (Å²) in [6.07, 6.45) is 0.330. The van der Waals surface area contributed by atoms with Crippen molar-refractivity contribution < 1.29 is 24.9 Å². The van der Waals surface area contributed by atoms with Gasteiger partial charge in [0.2, 0.25) is 0 Å². The van der Waals surface area contributed by atoms with E-state index in [1.807, 2.05) is 13.8 Å². The summed E-state index contributed by atoms with van der Waals surface area (Å²) in [7, 11) is 0. The van der Waals surface area contributed by atoms with E-state index in [4.69, 9.17) is 5.11 Å². The lowest BCUT2D eigenvalue weighted by atomic mass is 10.1. The third-order valence-corrected chi connectivity index (χ3v) is 2.89. The van der Waals surface area contributed by atoms with Crippen LogP contribution in [0.25, 0.3) is 0 Å². The van der Waals surface area contributed by atoms with Crippen LogP contribution in [0.3, 0.4) is 0 Å². The first-order valence-electron chi connectivity index (χ1n) is 6.37. The fourth-order valence-corrected chi connectivity index (χ4v) is 1.85. The molecule has 0 saturated carbocycles. The third-order valence-electron chi connectivity index (χ3n) is 2.89. The molecule has 6 nitrogen and oxygen atoms in total. The Kier molecular flexibility index (Phi) is 5.37. The van der Waals surface area contributed by atoms with E-state index >= 15 is 0 Å². The Bertz CT molecular complexity index is 498. The van der Waals surface area contributed by atoms with Gasteiger partial charge in [0.1, 0.15) is 11.5 Å². The summed E-state index contributed by atoms with van der Waals surface area (Å²) in [5.41, 5.74) is 0.0897. The number of phenolic OH excluding ortho intramolecular Hbond substituents is 2. The van der Waals surface area contributed by atoms with Gasteiger partial charge < -0.3 is 20.2 Å². The summed E-state index contributed by atoms with van der Waals surface area (Å²) < 4.78 is 0. The molecule has 0 fully saturated rings. The van der Waals surface area contributed by atoms with Crippen molar-refractivity contribution in [3.05, 3.63) is 23.8 Å². The van der Waals surface area contributed by atoms with E-state index in [-0.39, 0.29) is 35.4 Å². The smallest absolute Gasteiger partial charge is 0.303 e. The normalized spacial score (nSPS) is 10.6. The minimum Gasteiger partial charge on any atom is -0.508 e. The van der Waals surface area contributed by atoms with Crippen molar-refractivity contribution in [3.63, 3.8) is 0 Å². The largest absolute Gasteiger partial charge is 0.508 e. The Morgan fingerprint density at radius 1 is 1.25 bits per heavy atom. The monoisotopic (exact) mass is 281 g/mol.